The Morgan fingerprint density at radius 2 is 0.748 bits per heavy atom. The minimum atomic E-state index is -0.524. The largest absolute Gasteiger partial charge is 0.491 e. The van der Waals surface area contributed by atoms with Gasteiger partial charge in [0.2, 0.25) is 0 Å². The summed E-state index contributed by atoms with van der Waals surface area (Å²) in [7, 11) is 0. The first kappa shape index (κ1) is 88.3. The average molecular weight is 1540 g/mol. The zero-order chi connectivity index (χ0) is 80.0. The van der Waals surface area contributed by atoms with E-state index >= 15 is 0 Å². The fraction of sp³-hybridized carbons (Fsp3) is 0.444. The Kier molecular flexibility index (Phi) is 36.6. The summed E-state index contributed by atoms with van der Waals surface area (Å²) in [5.41, 5.74) is 4.36. The second-order valence-electron chi connectivity index (χ2n) is 27.9. The van der Waals surface area contributed by atoms with E-state index in [0.29, 0.717) is 218 Å². The van der Waals surface area contributed by atoms with Crippen LogP contribution in [-0.2, 0) is 42.6 Å². The second kappa shape index (κ2) is 46.0. The van der Waals surface area contributed by atoms with Crippen LogP contribution >= 0.6 is 0 Å². The number of H-pyrrole nitrogens is 2. The van der Waals surface area contributed by atoms with E-state index in [1.165, 1.54) is 0 Å². The number of carbonyl (C=O) groups is 6. The number of aromatic nitrogens is 6. The molecule has 0 radical (unpaired) electrons. The number of carbonyl (C=O) groups excluding carboxylic acids is 6. The molecular weight excluding hydrogens is 1430 g/mol. The third kappa shape index (κ3) is 31.0. The Morgan fingerprint density at radius 3 is 1.15 bits per heavy atom. The number of pyridine rings is 3. The number of nitrogens with zero attached hydrogens (tertiary/aromatic N) is 4. The molecule has 600 valence electrons. The SMILES string of the molecule is CC(C)(C)C(=O)c1cc2cc(NC(=O)c3ccc(OCCOCCOCCOCCO)cc3)cnc2[nH]1.CC(C)(C)C(=O)c1cc2cc(NC(=O)c3ccc(OCCOCCOCCOCCO)cc3)ncc2[nH]1.CC(C)(C)C(=O)c1cn2cc(NC(=O)c3ccc(OCCOCCOCCOCCO)cc3)ccc2n1. The third-order valence-electron chi connectivity index (χ3n) is 15.7. The smallest absolute Gasteiger partial charge is 0.256 e. The highest BCUT2D eigenvalue weighted by atomic mass is 16.6. The van der Waals surface area contributed by atoms with Crippen molar-refractivity contribution in [2.24, 2.45) is 16.2 Å². The zero-order valence-corrected chi connectivity index (χ0v) is 64.7. The molecule has 6 heterocycles. The summed E-state index contributed by atoms with van der Waals surface area (Å²) in [5.74, 6) is 1.40. The molecule has 6 aromatic heterocycles. The third-order valence-corrected chi connectivity index (χ3v) is 15.7. The highest BCUT2D eigenvalue weighted by Gasteiger charge is 2.28. The van der Waals surface area contributed by atoms with Gasteiger partial charge in [0.25, 0.3) is 17.7 Å². The summed E-state index contributed by atoms with van der Waals surface area (Å²) >= 11 is 0. The van der Waals surface area contributed by atoms with Crippen LogP contribution in [0.15, 0.2) is 134 Å². The molecule has 8 N–H and O–H groups in total. The lowest BCUT2D eigenvalue weighted by molar-refractivity contribution is 0.00361. The molecule has 30 heteroatoms. The number of aliphatic hydroxyl groups is 3. The number of rotatable bonds is 45. The van der Waals surface area contributed by atoms with E-state index in [4.69, 9.17) is 72.2 Å². The molecule has 9 aromatic rings. The molecule has 9 rings (SSSR count). The van der Waals surface area contributed by atoms with Crippen molar-refractivity contribution in [2.45, 2.75) is 62.3 Å². The van der Waals surface area contributed by atoms with Crippen molar-refractivity contribution in [3.8, 4) is 17.2 Å². The number of hydrogen-bond acceptors (Lipinski definition) is 24. The maximum absolute atomic E-state index is 12.7. The number of hydrogen-bond donors (Lipinski definition) is 8. The number of ketones is 3. The number of benzene rings is 3. The fourth-order valence-corrected chi connectivity index (χ4v) is 9.97. The van der Waals surface area contributed by atoms with Crippen LogP contribution in [0.5, 0.6) is 17.2 Å². The number of anilines is 3. The Balaban J connectivity index is 0.000000231. The van der Waals surface area contributed by atoms with Gasteiger partial charge in [0, 0.05) is 56.1 Å². The first-order valence-corrected chi connectivity index (χ1v) is 36.6. The van der Waals surface area contributed by atoms with Crippen molar-refractivity contribution in [1.29, 1.82) is 0 Å². The Labute approximate surface area is 645 Å². The lowest BCUT2D eigenvalue weighted by Gasteiger charge is -2.14. The van der Waals surface area contributed by atoms with E-state index in [1.54, 1.807) is 138 Å². The highest BCUT2D eigenvalue weighted by Crippen LogP contribution is 2.28. The van der Waals surface area contributed by atoms with E-state index < -0.39 is 16.2 Å². The van der Waals surface area contributed by atoms with Crippen LogP contribution in [0.2, 0.25) is 0 Å². The predicted molar refractivity (Wildman–Crippen MR) is 417 cm³/mol. The molecule has 3 aromatic carbocycles. The molecule has 0 saturated carbocycles. The number of aromatic amines is 2. The number of nitrogens with one attached hydrogen (secondary N) is 5. The molecule has 0 fully saturated rings. The Morgan fingerprint density at radius 1 is 0.378 bits per heavy atom. The number of aliphatic hydroxyl groups excluding tert-OH is 3. The molecular formula is C81H105N9O21. The molecule has 0 atom stereocenters. The van der Waals surface area contributed by atoms with E-state index in [-0.39, 0.29) is 54.9 Å². The summed E-state index contributed by atoms with van der Waals surface area (Å²) in [6, 6.07) is 31.0. The van der Waals surface area contributed by atoms with Crippen molar-refractivity contribution in [3.05, 3.63) is 168 Å². The van der Waals surface area contributed by atoms with Crippen molar-refractivity contribution in [1.82, 2.24) is 29.3 Å². The van der Waals surface area contributed by atoms with Gasteiger partial charge < -0.3 is 102 Å². The van der Waals surface area contributed by atoms with Gasteiger partial charge in [0.1, 0.15) is 59.9 Å². The average Bonchev–Trinajstić information content (AvgIpc) is 1.67. The normalized spacial score (nSPS) is 11.6. The van der Waals surface area contributed by atoms with E-state index in [0.717, 1.165) is 16.3 Å². The lowest BCUT2D eigenvalue weighted by Crippen LogP contribution is -2.20. The van der Waals surface area contributed by atoms with Crippen LogP contribution in [0.4, 0.5) is 17.2 Å². The summed E-state index contributed by atoms with van der Waals surface area (Å²) < 4.78 is 66.3. The molecule has 0 unspecified atom stereocenters. The summed E-state index contributed by atoms with van der Waals surface area (Å²) in [4.78, 5) is 94.7. The van der Waals surface area contributed by atoms with E-state index in [2.05, 4.69) is 40.9 Å². The molecule has 0 aliphatic rings. The van der Waals surface area contributed by atoms with Crippen molar-refractivity contribution in [3.63, 3.8) is 0 Å². The molecule has 30 nitrogen and oxygen atoms in total. The van der Waals surface area contributed by atoms with Crippen LogP contribution in [0, 0.1) is 16.2 Å². The van der Waals surface area contributed by atoms with Crippen molar-refractivity contribution < 1.29 is 101 Å². The monoisotopic (exact) mass is 1540 g/mol. The molecule has 3 amide bonds. The van der Waals surface area contributed by atoms with Crippen LogP contribution in [0.3, 0.4) is 0 Å². The van der Waals surface area contributed by atoms with Crippen molar-refractivity contribution >= 4 is 79.8 Å². The number of Topliss-reactive ketones (excluding diaryl/α,β-unsaturated/α-hetero) is 3. The van der Waals surface area contributed by atoms with Crippen LogP contribution in [-0.4, -0.2) is 238 Å². The minimum Gasteiger partial charge on any atom is -0.491 e. The summed E-state index contributed by atoms with van der Waals surface area (Å²) in [6.45, 7) is 25.4. The van der Waals surface area contributed by atoms with Gasteiger partial charge in [-0.15, -0.1) is 0 Å². The second-order valence-corrected chi connectivity index (χ2v) is 27.9. The van der Waals surface area contributed by atoms with Crippen LogP contribution in [0.1, 0.15) is 125 Å². The maximum atomic E-state index is 12.7. The molecule has 0 bridgehead atoms. The number of ether oxygens (including phenoxy) is 12. The molecule has 0 aliphatic heterocycles. The van der Waals surface area contributed by atoms with Crippen LogP contribution < -0.4 is 30.2 Å². The predicted octanol–water partition coefficient (Wildman–Crippen LogP) is 10.2. The fourth-order valence-electron chi connectivity index (χ4n) is 9.97. The topological polar surface area (TPSA) is 385 Å². The lowest BCUT2D eigenvalue weighted by atomic mass is 9.89. The maximum Gasteiger partial charge on any atom is 0.256 e. The Bertz CT molecular complexity index is 3900. The minimum absolute atomic E-state index is 0.00392. The Hall–Kier alpha value is -9.93. The van der Waals surface area contributed by atoms with Gasteiger partial charge in [0.05, 0.1) is 179 Å². The first-order chi connectivity index (χ1) is 53.3. The zero-order valence-electron chi connectivity index (χ0n) is 64.7. The highest BCUT2D eigenvalue weighted by molar-refractivity contribution is 6.08. The van der Waals surface area contributed by atoms with Gasteiger partial charge in [-0.2, -0.15) is 0 Å². The molecule has 111 heavy (non-hydrogen) atoms. The van der Waals surface area contributed by atoms with Crippen molar-refractivity contribution in [2.75, 3.05) is 175 Å². The van der Waals surface area contributed by atoms with Gasteiger partial charge in [-0.1, -0.05) is 62.3 Å². The van der Waals surface area contributed by atoms with Gasteiger partial charge in [-0.25, -0.2) is 15.0 Å². The summed E-state index contributed by atoms with van der Waals surface area (Å²) in [5, 5.41) is 35.8. The quantitative estimate of drug-likeness (QED) is 0.0130. The number of imidazole rings is 1. The standard InChI is InChI=1S/3C27H35N3O7/c1-27(2,3)25(32)23-19-30-18-21(6-9-24(30)29-23)28-26(33)20-4-7-22(8-5-20)37-17-16-36-15-14-35-13-12-34-11-10-31;1-27(2,3)24(32)23-17-20-16-21(18-28-25(20)30-23)29-26(33)19-4-6-22(7-5-19)37-15-14-36-13-12-35-11-10-34-9-8-31;1-27(2,3)25(32)22-16-20-17-24(28-18-23(20)29-22)30-26(33)19-4-6-21(7-5-19)37-15-14-36-13-12-35-11-10-34-9-8-31/h4-9,18-19,31H,10-17H2,1-3H3,(H,28,33);4-7,16-18,31H,8-15H2,1-3H3,(H,28,30)(H,29,33);4-7,16-18,29,31H,8-15H2,1-3H3,(H,28,30,33). The molecule has 0 saturated heterocycles. The van der Waals surface area contributed by atoms with E-state index in [1.807, 2.05) is 62.3 Å². The summed E-state index contributed by atoms with van der Waals surface area (Å²) in [6.07, 6.45) is 6.56. The number of amides is 3. The van der Waals surface area contributed by atoms with Gasteiger partial charge in [0.15, 0.2) is 17.3 Å². The first-order valence-electron chi connectivity index (χ1n) is 36.6. The molecule has 0 spiro atoms. The molecule has 0 aliphatic carbocycles. The van der Waals surface area contributed by atoms with E-state index in [9.17, 15) is 28.8 Å². The van der Waals surface area contributed by atoms with Gasteiger partial charge in [-0.05, 0) is 109 Å². The van der Waals surface area contributed by atoms with Gasteiger partial charge in [-0.3, -0.25) is 28.8 Å². The van der Waals surface area contributed by atoms with Gasteiger partial charge >= 0.3 is 0 Å². The van der Waals surface area contributed by atoms with Crippen LogP contribution in [0.25, 0.3) is 27.6 Å². The number of fused-ring (bicyclic) bond motifs is 3.